The number of hydrogen-bond donors (Lipinski definition) is 0. The second-order valence-corrected chi connectivity index (χ2v) is 4.18. The molecule has 2 aliphatic rings. The standard InChI is InChI=1S/C12H10F2/c13-11-2-1-7(6-12(11)14)8-3-9-5-10(9)4-8/h1-3,6,9-10H,4-5H2. The molecule has 72 valence electrons. The maximum atomic E-state index is 12.9. The van der Waals surface area contributed by atoms with Gasteiger partial charge in [0.15, 0.2) is 11.6 Å². The molecule has 2 heteroatoms. The van der Waals surface area contributed by atoms with Gasteiger partial charge in [-0.2, -0.15) is 0 Å². The molecule has 1 saturated carbocycles. The molecule has 3 rings (SSSR count). The highest BCUT2D eigenvalue weighted by atomic mass is 19.2. The van der Waals surface area contributed by atoms with E-state index in [-0.39, 0.29) is 0 Å². The van der Waals surface area contributed by atoms with Gasteiger partial charge in [-0.1, -0.05) is 12.1 Å². The third kappa shape index (κ3) is 1.17. The first kappa shape index (κ1) is 8.16. The summed E-state index contributed by atoms with van der Waals surface area (Å²) in [7, 11) is 0. The predicted molar refractivity (Wildman–Crippen MR) is 50.5 cm³/mol. The second-order valence-electron chi connectivity index (χ2n) is 4.18. The van der Waals surface area contributed by atoms with Crippen molar-refractivity contribution >= 4 is 5.57 Å². The predicted octanol–water partition coefficient (Wildman–Crippen LogP) is 3.39. The topological polar surface area (TPSA) is 0 Å². The summed E-state index contributed by atoms with van der Waals surface area (Å²) in [6.45, 7) is 0. The van der Waals surface area contributed by atoms with E-state index in [1.807, 2.05) is 0 Å². The van der Waals surface area contributed by atoms with Crippen LogP contribution in [0.25, 0.3) is 5.57 Å². The van der Waals surface area contributed by atoms with E-state index in [4.69, 9.17) is 0 Å². The molecule has 1 aromatic rings. The normalized spacial score (nSPS) is 28.6. The van der Waals surface area contributed by atoms with Crippen LogP contribution in [-0.4, -0.2) is 0 Å². The van der Waals surface area contributed by atoms with E-state index < -0.39 is 11.6 Å². The summed E-state index contributed by atoms with van der Waals surface area (Å²) in [5.74, 6) is -0.00212. The van der Waals surface area contributed by atoms with E-state index in [0.717, 1.165) is 23.8 Å². The van der Waals surface area contributed by atoms with Gasteiger partial charge in [-0.25, -0.2) is 8.78 Å². The number of fused-ring (bicyclic) bond motifs is 1. The number of rotatable bonds is 1. The molecule has 0 aromatic heterocycles. The van der Waals surface area contributed by atoms with E-state index in [0.29, 0.717) is 0 Å². The van der Waals surface area contributed by atoms with E-state index in [1.54, 1.807) is 6.07 Å². The summed E-state index contributed by atoms with van der Waals surface area (Å²) < 4.78 is 25.6. The SMILES string of the molecule is Fc1ccc(C2=CC3CC3C2)cc1F. The molecular weight excluding hydrogens is 182 g/mol. The molecule has 1 aromatic carbocycles. The average Bonchev–Trinajstić information content (AvgIpc) is 2.78. The summed E-state index contributed by atoms with van der Waals surface area (Å²) in [6.07, 6.45) is 4.53. The van der Waals surface area contributed by atoms with Crippen LogP contribution in [0.4, 0.5) is 8.78 Å². The third-order valence-corrected chi connectivity index (χ3v) is 3.17. The van der Waals surface area contributed by atoms with Crippen molar-refractivity contribution < 1.29 is 8.78 Å². The first-order valence-corrected chi connectivity index (χ1v) is 4.90. The lowest BCUT2D eigenvalue weighted by Crippen LogP contribution is -1.88. The number of halogens is 2. The van der Waals surface area contributed by atoms with Crippen LogP contribution < -0.4 is 0 Å². The average molecular weight is 192 g/mol. The first-order chi connectivity index (χ1) is 6.74. The van der Waals surface area contributed by atoms with Gasteiger partial charge in [0.25, 0.3) is 0 Å². The van der Waals surface area contributed by atoms with Gasteiger partial charge < -0.3 is 0 Å². The maximum absolute atomic E-state index is 12.9. The summed E-state index contributed by atoms with van der Waals surface area (Å²) in [5, 5.41) is 0. The molecule has 2 atom stereocenters. The van der Waals surface area contributed by atoms with E-state index in [1.165, 1.54) is 24.1 Å². The molecule has 1 fully saturated rings. The Morgan fingerprint density at radius 2 is 2.00 bits per heavy atom. The van der Waals surface area contributed by atoms with Crippen molar-refractivity contribution in [3.05, 3.63) is 41.5 Å². The van der Waals surface area contributed by atoms with E-state index >= 15 is 0 Å². The zero-order valence-electron chi connectivity index (χ0n) is 7.63. The van der Waals surface area contributed by atoms with Crippen LogP contribution in [0.3, 0.4) is 0 Å². The van der Waals surface area contributed by atoms with E-state index in [2.05, 4.69) is 6.08 Å². The van der Waals surface area contributed by atoms with Crippen LogP contribution in [0.15, 0.2) is 24.3 Å². The van der Waals surface area contributed by atoms with Crippen molar-refractivity contribution in [3.63, 3.8) is 0 Å². The molecular formula is C12H10F2. The lowest BCUT2D eigenvalue weighted by molar-refractivity contribution is 0.508. The lowest BCUT2D eigenvalue weighted by atomic mass is 10.0. The molecule has 2 unspecified atom stereocenters. The van der Waals surface area contributed by atoms with Crippen molar-refractivity contribution in [1.29, 1.82) is 0 Å². The van der Waals surface area contributed by atoms with Gasteiger partial charge in [0.1, 0.15) is 0 Å². The fourth-order valence-electron chi connectivity index (χ4n) is 2.23. The smallest absolute Gasteiger partial charge is 0.159 e. The Bertz CT molecular complexity index is 420. The molecule has 14 heavy (non-hydrogen) atoms. The summed E-state index contributed by atoms with van der Waals surface area (Å²) in [6, 6.07) is 4.16. The minimum Gasteiger partial charge on any atom is -0.204 e. The molecule has 0 heterocycles. The molecule has 0 aliphatic heterocycles. The quantitative estimate of drug-likeness (QED) is 0.639. The monoisotopic (exact) mass is 192 g/mol. The maximum Gasteiger partial charge on any atom is 0.159 e. The molecule has 0 radical (unpaired) electrons. The summed E-state index contributed by atoms with van der Waals surface area (Å²) in [5.41, 5.74) is 2.03. The van der Waals surface area contributed by atoms with Gasteiger partial charge in [0.2, 0.25) is 0 Å². The van der Waals surface area contributed by atoms with Crippen molar-refractivity contribution in [1.82, 2.24) is 0 Å². The molecule has 0 saturated heterocycles. The van der Waals surface area contributed by atoms with E-state index in [9.17, 15) is 8.78 Å². The fourth-order valence-corrected chi connectivity index (χ4v) is 2.23. The van der Waals surface area contributed by atoms with Crippen LogP contribution >= 0.6 is 0 Å². The molecule has 0 amide bonds. The largest absolute Gasteiger partial charge is 0.204 e. The zero-order valence-corrected chi connectivity index (χ0v) is 7.63. The highest BCUT2D eigenvalue weighted by molar-refractivity contribution is 5.69. The van der Waals surface area contributed by atoms with Gasteiger partial charge in [-0.3, -0.25) is 0 Å². The molecule has 0 N–H and O–H groups in total. The van der Waals surface area contributed by atoms with Gasteiger partial charge in [0, 0.05) is 0 Å². The number of allylic oxidation sites excluding steroid dienone is 2. The van der Waals surface area contributed by atoms with Crippen LogP contribution in [0.5, 0.6) is 0 Å². The van der Waals surface area contributed by atoms with Gasteiger partial charge in [-0.15, -0.1) is 0 Å². The van der Waals surface area contributed by atoms with Gasteiger partial charge >= 0.3 is 0 Å². The lowest BCUT2D eigenvalue weighted by Gasteiger charge is -2.04. The second kappa shape index (κ2) is 2.66. The van der Waals surface area contributed by atoms with Crippen LogP contribution in [0.1, 0.15) is 18.4 Å². The minimum absolute atomic E-state index is 0.720. The highest BCUT2D eigenvalue weighted by Crippen LogP contribution is 2.52. The Kier molecular flexibility index (Phi) is 1.55. The van der Waals surface area contributed by atoms with Crippen molar-refractivity contribution in [2.24, 2.45) is 11.8 Å². The van der Waals surface area contributed by atoms with Crippen molar-refractivity contribution in [2.45, 2.75) is 12.8 Å². The zero-order chi connectivity index (χ0) is 9.71. The Balaban J connectivity index is 1.96. The molecule has 2 aliphatic carbocycles. The number of hydrogen-bond acceptors (Lipinski definition) is 0. The molecule has 0 spiro atoms. The van der Waals surface area contributed by atoms with Crippen LogP contribution in [0, 0.1) is 23.5 Å². The van der Waals surface area contributed by atoms with Crippen LogP contribution in [-0.2, 0) is 0 Å². The van der Waals surface area contributed by atoms with Crippen LogP contribution in [0.2, 0.25) is 0 Å². The molecule has 0 nitrogen and oxygen atoms in total. The Morgan fingerprint density at radius 3 is 2.64 bits per heavy atom. The van der Waals surface area contributed by atoms with Gasteiger partial charge in [0.05, 0.1) is 0 Å². The third-order valence-electron chi connectivity index (χ3n) is 3.17. The molecule has 0 bridgehead atoms. The Hall–Kier alpha value is -1.18. The van der Waals surface area contributed by atoms with Crippen molar-refractivity contribution in [3.8, 4) is 0 Å². The Morgan fingerprint density at radius 1 is 1.14 bits per heavy atom. The minimum atomic E-state index is -0.766. The number of benzene rings is 1. The Labute approximate surface area is 81.3 Å². The van der Waals surface area contributed by atoms with Gasteiger partial charge in [-0.05, 0) is 47.9 Å². The van der Waals surface area contributed by atoms with Crippen molar-refractivity contribution in [2.75, 3.05) is 0 Å². The summed E-state index contributed by atoms with van der Waals surface area (Å²) in [4.78, 5) is 0. The highest BCUT2D eigenvalue weighted by Gasteiger charge is 2.40. The summed E-state index contributed by atoms with van der Waals surface area (Å²) >= 11 is 0. The first-order valence-electron chi connectivity index (χ1n) is 4.90. The fraction of sp³-hybridized carbons (Fsp3) is 0.333.